The van der Waals surface area contributed by atoms with Crippen molar-refractivity contribution in [1.82, 2.24) is 10.6 Å². The molecule has 0 fully saturated rings. The number of benzene rings is 2. The molecular weight excluding hydrogens is 388 g/mol. The van der Waals surface area contributed by atoms with Crippen molar-refractivity contribution in [2.75, 3.05) is 13.7 Å². The summed E-state index contributed by atoms with van der Waals surface area (Å²) in [6.07, 6.45) is -1.65. The van der Waals surface area contributed by atoms with Gasteiger partial charge >= 0.3 is 12.1 Å². The fraction of sp³-hybridized carbons (Fsp3) is 0.318. The Morgan fingerprint density at radius 2 is 1.63 bits per heavy atom. The van der Waals surface area contributed by atoms with E-state index in [9.17, 15) is 19.5 Å². The Morgan fingerprint density at radius 1 is 1.00 bits per heavy atom. The van der Waals surface area contributed by atoms with Crippen LogP contribution in [0.3, 0.4) is 0 Å². The largest absolute Gasteiger partial charge is 0.467 e. The number of esters is 1. The van der Waals surface area contributed by atoms with Crippen LogP contribution < -0.4 is 10.6 Å². The van der Waals surface area contributed by atoms with Crippen molar-refractivity contribution in [3.63, 3.8) is 0 Å². The standard InChI is InChI=1S/C22H26N2O6/c1-29-21(27)20(26)19(17-11-6-3-7-12-17)24-18(25)13-8-14-23-22(28)30-15-16-9-4-2-5-10-16/h2-7,9-12,19-20,26H,8,13-15H2,1H3,(H,23,28)(H,24,25)/t19-,20-/m0/s1. The Morgan fingerprint density at radius 3 is 2.27 bits per heavy atom. The molecule has 0 aromatic heterocycles. The quantitative estimate of drug-likeness (QED) is 0.405. The molecule has 8 nitrogen and oxygen atoms in total. The van der Waals surface area contributed by atoms with E-state index >= 15 is 0 Å². The first-order valence-corrected chi connectivity index (χ1v) is 9.56. The number of alkyl carbamates (subject to hydrolysis) is 1. The number of nitrogens with one attached hydrogen (secondary N) is 2. The number of carbonyl (C=O) groups is 3. The zero-order valence-electron chi connectivity index (χ0n) is 16.7. The fourth-order valence-corrected chi connectivity index (χ4v) is 2.72. The van der Waals surface area contributed by atoms with Crippen molar-refractivity contribution >= 4 is 18.0 Å². The van der Waals surface area contributed by atoms with Gasteiger partial charge < -0.3 is 25.2 Å². The number of rotatable bonds is 10. The van der Waals surface area contributed by atoms with Crippen molar-refractivity contribution in [1.29, 1.82) is 0 Å². The predicted octanol–water partition coefficient (Wildman–Crippen LogP) is 2.08. The maximum atomic E-state index is 12.3. The lowest BCUT2D eigenvalue weighted by Crippen LogP contribution is -2.41. The molecule has 0 aliphatic carbocycles. The number of hydrogen-bond acceptors (Lipinski definition) is 6. The minimum absolute atomic E-state index is 0.0934. The van der Waals surface area contributed by atoms with Crippen LogP contribution >= 0.6 is 0 Å². The highest BCUT2D eigenvalue weighted by Crippen LogP contribution is 2.18. The Balaban J connectivity index is 1.76. The third-order valence-electron chi connectivity index (χ3n) is 4.30. The molecule has 2 aromatic carbocycles. The highest BCUT2D eigenvalue weighted by Gasteiger charge is 2.29. The maximum Gasteiger partial charge on any atom is 0.407 e. The SMILES string of the molecule is COC(=O)[C@@H](O)[C@@H](NC(=O)CCCNC(=O)OCc1ccccc1)c1ccccc1. The van der Waals surface area contributed by atoms with Gasteiger partial charge in [-0.25, -0.2) is 9.59 Å². The first-order valence-electron chi connectivity index (χ1n) is 9.56. The second-order valence-corrected chi connectivity index (χ2v) is 6.52. The molecule has 0 radical (unpaired) electrons. The van der Waals surface area contributed by atoms with Crippen LogP contribution in [0.1, 0.15) is 30.0 Å². The first-order chi connectivity index (χ1) is 14.5. The molecule has 0 aliphatic heterocycles. The summed E-state index contributed by atoms with van der Waals surface area (Å²) in [4.78, 5) is 35.7. The smallest absolute Gasteiger partial charge is 0.407 e. The monoisotopic (exact) mass is 414 g/mol. The molecule has 160 valence electrons. The zero-order valence-corrected chi connectivity index (χ0v) is 16.7. The fourth-order valence-electron chi connectivity index (χ4n) is 2.72. The van der Waals surface area contributed by atoms with E-state index < -0.39 is 24.2 Å². The molecular formula is C22H26N2O6. The molecule has 2 amide bonds. The van der Waals surface area contributed by atoms with Crippen LogP contribution in [0, 0.1) is 0 Å². The van der Waals surface area contributed by atoms with Crippen molar-refractivity contribution in [3.05, 3.63) is 71.8 Å². The number of carbonyl (C=O) groups excluding carboxylic acids is 3. The number of aliphatic hydroxyl groups is 1. The molecule has 2 aromatic rings. The van der Waals surface area contributed by atoms with E-state index in [1.54, 1.807) is 30.3 Å². The highest BCUT2D eigenvalue weighted by molar-refractivity contribution is 5.80. The van der Waals surface area contributed by atoms with E-state index in [2.05, 4.69) is 15.4 Å². The lowest BCUT2D eigenvalue weighted by molar-refractivity contribution is -0.152. The van der Waals surface area contributed by atoms with Gasteiger partial charge in [-0.05, 0) is 17.5 Å². The summed E-state index contributed by atoms with van der Waals surface area (Å²) in [6, 6.07) is 17.0. The van der Waals surface area contributed by atoms with E-state index in [0.717, 1.165) is 12.7 Å². The molecule has 0 aliphatic rings. The van der Waals surface area contributed by atoms with E-state index in [4.69, 9.17) is 4.74 Å². The van der Waals surface area contributed by atoms with Crippen LogP contribution in [0.2, 0.25) is 0 Å². The van der Waals surface area contributed by atoms with Gasteiger partial charge in [-0.15, -0.1) is 0 Å². The van der Waals surface area contributed by atoms with Gasteiger partial charge in [-0.1, -0.05) is 60.7 Å². The highest BCUT2D eigenvalue weighted by atomic mass is 16.5. The maximum absolute atomic E-state index is 12.3. The van der Waals surface area contributed by atoms with E-state index in [0.29, 0.717) is 12.0 Å². The summed E-state index contributed by atoms with van der Waals surface area (Å²) >= 11 is 0. The normalized spacial score (nSPS) is 12.3. The number of amides is 2. The average molecular weight is 414 g/mol. The summed E-state index contributed by atoms with van der Waals surface area (Å²) in [5.74, 6) is -1.21. The summed E-state index contributed by atoms with van der Waals surface area (Å²) < 4.78 is 9.67. The minimum Gasteiger partial charge on any atom is -0.467 e. The summed E-state index contributed by atoms with van der Waals surface area (Å²) in [7, 11) is 1.16. The summed E-state index contributed by atoms with van der Waals surface area (Å²) in [5.41, 5.74) is 1.45. The van der Waals surface area contributed by atoms with Crippen molar-refractivity contribution in [2.24, 2.45) is 0 Å². The molecule has 3 N–H and O–H groups in total. The third-order valence-corrected chi connectivity index (χ3v) is 4.30. The lowest BCUT2D eigenvalue weighted by Gasteiger charge is -2.23. The van der Waals surface area contributed by atoms with Crippen molar-refractivity contribution < 1.29 is 29.0 Å². The molecule has 30 heavy (non-hydrogen) atoms. The van der Waals surface area contributed by atoms with E-state index in [1.165, 1.54) is 0 Å². The van der Waals surface area contributed by atoms with Gasteiger partial charge in [0.2, 0.25) is 5.91 Å². The van der Waals surface area contributed by atoms with Crippen LogP contribution in [0.4, 0.5) is 4.79 Å². The Bertz CT molecular complexity index is 813. The van der Waals surface area contributed by atoms with Crippen LogP contribution in [0.5, 0.6) is 0 Å². The van der Waals surface area contributed by atoms with Crippen molar-refractivity contribution in [2.45, 2.75) is 31.6 Å². The van der Waals surface area contributed by atoms with Crippen LogP contribution in [0.15, 0.2) is 60.7 Å². The average Bonchev–Trinajstić information content (AvgIpc) is 2.79. The number of hydrogen-bond donors (Lipinski definition) is 3. The molecule has 0 saturated carbocycles. The number of ether oxygens (including phenoxy) is 2. The predicted molar refractivity (Wildman–Crippen MR) is 109 cm³/mol. The van der Waals surface area contributed by atoms with Gasteiger partial charge in [-0.2, -0.15) is 0 Å². The topological polar surface area (TPSA) is 114 Å². The molecule has 2 rings (SSSR count). The van der Waals surface area contributed by atoms with Crippen LogP contribution in [-0.2, 0) is 25.7 Å². The Kier molecular flexibility index (Phi) is 9.33. The molecule has 2 atom stereocenters. The second kappa shape index (κ2) is 12.2. The van der Waals surface area contributed by atoms with Gasteiger partial charge in [0.15, 0.2) is 6.10 Å². The second-order valence-electron chi connectivity index (χ2n) is 6.52. The van der Waals surface area contributed by atoms with Gasteiger partial charge in [0, 0.05) is 13.0 Å². The van der Waals surface area contributed by atoms with Crippen LogP contribution in [-0.4, -0.2) is 42.8 Å². The molecule has 0 bridgehead atoms. The minimum atomic E-state index is -1.53. The Hall–Kier alpha value is -3.39. The summed E-state index contributed by atoms with van der Waals surface area (Å²) in [5, 5.41) is 15.4. The lowest BCUT2D eigenvalue weighted by atomic mass is 10.0. The van der Waals surface area contributed by atoms with Gasteiger partial charge in [0.1, 0.15) is 6.61 Å². The molecule has 0 unspecified atom stereocenters. The molecule has 0 saturated heterocycles. The molecule has 0 heterocycles. The summed E-state index contributed by atoms with van der Waals surface area (Å²) in [6.45, 7) is 0.411. The molecule has 8 heteroatoms. The first kappa shape index (κ1) is 22.9. The zero-order chi connectivity index (χ0) is 21.8. The van der Waals surface area contributed by atoms with Gasteiger partial charge in [0.05, 0.1) is 13.2 Å². The third kappa shape index (κ3) is 7.56. The van der Waals surface area contributed by atoms with Gasteiger partial charge in [0.25, 0.3) is 0 Å². The van der Waals surface area contributed by atoms with E-state index in [1.807, 2.05) is 30.3 Å². The van der Waals surface area contributed by atoms with Gasteiger partial charge in [-0.3, -0.25) is 4.79 Å². The Labute approximate surface area is 175 Å². The number of aliphatic hydroxyl groups excluding tert-OH is 1. The molecule has 0 spiro atoms. The van der Waals surface area contributed by atoms with Crippen LogP contribution in [0.25, 0.3) is 0 Å². The van der Waals surface area contributed by atoms with Crippen molar-refractivity contribution in [3.8, 4) is 0 Å². The van der Waals surface area contributed by atoms with E-state index in [-0.39, 0.29) is 25.5 Å². The number of methoxy groups -OCH3 is 1.